The highest BCUT2D eigenvalue weighted by Gasteiger charge is 2.33. The molecule has 0 saturated carbocycles. The van der Waals surface area contributed by atoms with E-state index >= 15 is 0 Å². The van der Waals surface area contributed by atoms with Gasteiger partial charge in [-0.3, -0.25) is 0 Å². The molecular formula is C12H6F4N4. The van der Waals surface area contributed by atoms with Gasteiger partial charge in [-0.05, 0) is 18.2 Å². The van der Waals surface area contributed by atoms with Crippen LogP contribution in [0.2, 0.25) is 0 Å². The predicted molar refractivity (Wildman–Crippen MR) is 61.2 cm³/mol. The van der Waals surface area contributed by atoms with Crippen LogP contribution in [-0.2, 0) is 6.18 Å². The maximum Gasteiger partial charge on any atom is 0.435 e. The first kappa shape index (κ1) is 12.5. The second-order valence-electron chi connectivity index (χ2n) is 4.00. The van der Waals surface area contributed by atoms with E-state index in [-0.39, 0.29) is 11.3 Å². The molecule has 4 nitrogen and oxygen atoms in total. The largest absolute Gasteiger partial charge is 0.435 e. The van der Waals surface area contributed by atoms with Crippen molar-refractivity contribution in [2.75, 3.05) is 0 Å². The molecule has 8 heteroatoms. The van der Waals surface area contributed by atoms with Gasteiger partial charge in [0.15, 0.2) is 11.3 Å². The standard InChI is InChI=1S/C12H6F4N4/c13-10-5-7(3-4-17-10)8-6-18-11-2-1-9(12(14,15)16)19-20(8)11/h1-6H. The molecule has 0 fully saturated rings. The van der Waals surface area contributed by atoms with E-state index < -0.39 is 17.8 Å². The summed E-state index contributed by atoms with van der Waals surface area (Å²) < 4.78 is 52.1. The molecule has 0 amide bonds. The van der Waals surface area contributed by atoms with E-state index in [1.807, 2.05) is 0 Å². The van der Waals surface area contributed by atoms with Gasteiger partial charge in [-0.25, -0.2) is 14.5 Å². The van der Waals surface area contributed by atoms with Gasteiger partial charge < -0.3 is 0 Å². The minimum absolute atomic E-state index is 0.241. The van der Waals surface area contributed by atoms with E-state index in [0.29, 0.717) is 5.56 Å². The summed E-state index contributed by atoms with van der Waals surface area (Å²) in [5.41, 5.74) is -0.201. The molecule has 3 heterocycles. The quantitative estimate of drug-likeness (QED) is 0.509. The van der Waals surface area contributed by atoms with Gasteiger partial charge in [0.1, 0.15) is 0 Å². The molecule has 102 valence electrons. The van der Waals surface area contributed by atoms with Crippen LogP contribution >= 0.6 is 0 Å². The number of rotatable bonds is 1. The molecule has 0 atom stereocenters. The normalized spacial score (nSPS) is 12.0. The van der Waals surface area contributed by atoms with Crippen molar-refractivity contribution in [1.29, 1.82) is 0 Å². The molecule has 0 radical (unpaired) electrons. The van der Waals surface area contributed by atoms with Crippen molar-refractivity contribution in [3.05, 3.63) is 48.3 Å². The molecule has 3 aromatic rings. The van der Waals surface area contributed by atoms with Gasteiger partial charge >= 0.3 is 6.18 Å². The summed E-state index contributed by atoms with van der Waals surface area (Å²) in [6.45, 7) is 0. The zero-order chi connectivity index (χ0) is 14.3. The van der Waals surface area contributed by atoms with Crippen molar-refractivity contribution < 1.29 is 17.6 Å². The van der Waals surface area contributed by atoms with Crippen LogP contribution in [0.1, 0.15) is 5.69 Å². The number of nitrogens with zero attached hydrogens (tertiary/aromatic N) is 4. The maximum atomic E-state index is 13.1. The van der Waals surface area contributed by atoms with Gasteiger partial charge in [-0.2, -0.15) is 22.7 Å². The minimum atomic E-state index is -4.56. The molecule has 0 saturated heterocycles. The summed E-state index contributed by atoms with van der Waals surface area (Å²) in [5.74, 6) is -0.732. The average Bonchev–Trinajstić information content (AvgIpc) is 2.80. The Bertz CT molecular complexity index is 778. The van der Waals surface area contributed by atoms with Crippen molar-refractivity contribution in [2.45, 2.75) is 6.18 Å². The number of pyridine rings is 1. The average molecular weight is 282 g/mol. The second-order valence-corrected chi connectivity index (χ2v) is 4.00. The number of imidazole rings is 1. The fourth-order valence-corrected chi connectivity index (χ4v) is 1.78. The Labute approximate surface area is 109 Å². The van der Waals surface area contributed by atoms with Crippen LogP contribution in [0.3, 0.4) is 0 Å². The molecule has 0 aliphatic rings. The summed E-state index contributed by atoms with van der Waals surface area (Å²) in [4.78, 5) is 7.33. The van der Waals surface area contributed by atoms with Gasteiger partial charge in [-0.1, -0.05) is 0 Å². The van der Waals surface area contributed by atoms with Crippen LogP contribution in [-0.4, -0.2) is 19.6 Å². The van der Waals surface area contributed by atoms with Crippen LogP contribution in [0.15, 0.2) is 36.7 Å². The molecule has 0 bridgehead atoms. The Morgan fingerprint density at radius 2 is 1.85 bits per heavy atom. The third-order valence-corrected chi connectivity index (χ3v) is 2.68. The van der Waals surface area contributed by atoms with Crippen molar-refractivity contribution in [2.24, 2.45) is 0 Å². The van der Waals surface area contributed by atoms with Crippen LogP contribution in [0.4, 0.5) is 17.6 Å². The molecule has 0 aromatic carbocycles. The highest BCUT2D eigenvalue weighted by Crippen LogP contribution is 2.28. The van der Waals surface area contributed by atoms with Gasteiger partial charge in [0.05, 0.1) is 11.9 Å². The third-order valence-electron chi connectivity index (χ3n) is 2.68. The van der Waals surface area contributed by atoms with Crippen molar-refractivity contribution in [3.8, 4) is 11.3 Å². The fourth-order valence-electron chi connectivity index (χ4n) is 1.78. The Hall–Kier alpha value is -2.51. The Balaban J connectivity index is 2.22. The maximum absolute atomic E-state index is 13.1. The fraction of sp³-hybridized carbons (Fsp3) is 0.0833. The summed E-state index contributed by atoms with van der Waals surface area (Å²) in [5, 5.41) is 3.50. The first-order valence-corrected chi connectivity index (χ1v) is 5.49. The summed E-state index contributed by atoms with van der Waals surface area (Å²) in [6, 6.07) is 4.62. The lowest BCUT2D eigenvalue weighted by Crippen LogP contribution is -2.10. The lowest BCUT2D eigenvalue weighted by atomic mass is 10.2. The van der Waals surface area contributed by atoms with Gasteiger partial charge in [0.25, 0.3) is 0 Å². The summed E-state index contributed by atoms with van der Waals surface area (Å²) in [7, 11) is 0. The number of alkyl halides is 3. The Morgan fingerprint density at radius 1 is 1.05 bits per heavy atom. The van der Waals surface area contributed by atoms with Gasteiger partial charge in [0, 0.05) is 17.8 Å². The number of halogens is 4. The third kappa shape index (κ3) is 2.09. The second kappa shape index (κ2) is 4.26. The van der Waals surface area contributed by atoms with E-state index in [9.17, 15) is 17.6 Å². The zero-order valence-electron chi connectivity index (χ0n) is 9.76. The van der Waals surface area contributed by atoms with E-state index in [1.54, 1.807) is 0 Å². The Kier molecular flexibility index (Phi) is 2.66. The lowest BCUT2D eigenvalue weighted by Gasteiger charge is -2.07. The van der Waals surface area contributed by atoms with Crippen LogP contribution in [0, 0.1) is 5.95 Å². The van der Waals surface area contributed by atoms with Crippen LogP contribution in [0.25, 0.3) is 16.9 Å². The summed E-state index contributed by atoms with van der Waals surface area (Å²) in [6.07, 6.45) is -2.01. The van der Waals surface area contributed by atoms with Crippen LogP contribution in [0.5, 0.6) is 0 Å². The molecule has 0 spiro atoms. The van der Waals surface area contributed by atoms with E-state index in [1.165, 1.54) is 24.5 Å². The molecule has 3 aromatic heterocycles. The monoisotopic (exact) mass is 282 g/mol. The lowest BCUT2D eigenvalue weighted by molar-refractivity contribution is -0.141. The van der Waals surface area contributed by atoms with Crippen molar-refractivity contribution in [3.63, 3.8) is 0 Å². The first-order chi connectivity index (χ1) is 9.45. The smallest absolute Gasteiger partial charge is 0.235 e. The number of hydrogen-bond donors (Lipinski definition) is 0. The Morgan fingerprint density at radius 3 is 2.55 bits per heavy atom. The van der Waals surface area contributed by atoms with Gasteiger partial charge in [0.2, 0.25) is 5.95 Å². The highest BCUT2D eigenvalue weighted by molar-refractivity contribution is 5.62. The number of hydrogen-bond acceptors (Lipinski definition) is 3. The predicted octanol–water partition coefficient (Wildman–Crippen LogP) is 2.95. The molecule has 20 heavy (non-hydrogen) atoms. The topological polar surface area (TPSA) is 43.1 Å². The molecule has 0 aliphatic heterocycles. The molecule has 3 rings (SSSR count). The molecular weight excluding hydrogens is 276 g/mol. The number of aromatic nitrogens is 4. The highest BCUT2D eigenvalue weighted by atomic mass is 19.4. The SMILES string of the molecule is Fc1cc(-c2cnc3ccc(C(F)(F)F)nn23)ccn1. The molecule has 0 aliphatic carbocycles. The van der Waals surface area contributed by atoms with Gasteiger partial charge in [-0.15, -0.1) is 0 Å². The van der Waals surface area contributed by atoms with Crippen molar-refractivity contribution in [1.82, 2.24) is 19.6 Å². The van der Waals surface area contributed by atoms with E-state index in [4.69, 9.17) is 0 Å². The van der Waals surface area contributed by atoms with Crippen LogP contribution < -0.4 is 0 Å². The first-order valence-electron chi connectivity index (χ1n) is 5.49. The number of fused-ring (bicyclic) bond motifs is 1. The molecule has 0 N–H and O–H groups in total. The minimum Gasteiger partial charge on any atom is -0.235 e. The van der Waals surface area contributed by atoms with E-state index in [2.05, 4.69) is 15.1 Å². The van der Waals surface area contributed by atoms with Crippen molar-refractivity contribution >= 4 is 5.65 Å². The molecule has 0 unspecified atom stereocenters. The van der Waals surface area contributed by atoms with E-state index in [0.717, 1.165) is 16.6 Å². The summed E-state index contributed by atoms with van der Waals surface area (Å²) >= 11 is 0. The zero-order valence-corrected chi connectivity index (χ0v) is 9.76.